The highest BCUT2D eigenvalue weighted by molar-refractivity contribution is 7.91. The number of nitrogens with zero attached hydrogens (tertiary/aromatic N) is 4. The van der Waals surface area contributed by atoms with E-state index in [-0.39, 0.29) is 10.1 Å². The van der Waals surface area contributed by atoms with Crippen molar-refractivity contribution in [1.82, 2.24) is 14.2 Å². The lowest BCUT2D eigenvalue weighted by Crippen LogP contribution is -2.53. The molecule has 0 bridgehead atoms. The summed E-state index contributed by atoms with van der Waals surface area (Å²) in [6.45, 7) is 6.63. The molecule has 2 aliphatic heterocycles. The zero-order valence-electron chi connectivity index (χ0n) is 21.1. The Hall–Kier alpha value is -1.31. The predicted molar refractivity (Wildman–Crippen MR) is 154 cm³/mol. The van der Waals surface area contributed by atoms with Gasteiger partial charge in [-0.3, -0.25) is 14.6 Å². The number of aryl methyl sites for hydroxylation is 1. The molecule has 2 fully saturated rings. The molecule has 2 aromatic heterocycles. The third-order valence-electron chi connectivity index (χ3n) is 7.04. The molecule has 1 atom stereocenters. The molecule has 2 saturated heterocycles. The van der Waals surface area contributed by atoms with Crippen molar-refractivity contribution in [3.8, 4) is 0 Å². The monoisotopic (exact) mass is 616 g/mol. The lowest BCUT2D eigenvalue weighted by Gasteiger charge is -2.36. The summed E-state index contributed by atoms with van der Waals surface area (Å²) in [5.41, 5.74) is 1.63. The number of benzene rings is 1. The first-order chi connectivity index (χ1) is 18.3. The molecule has 0 saturated carbocycles. The van der Waals surface area contributed by atoms with Gasteiger partial charge in [-0.25, -0.2) is 13.4 Å². The van der Waals surface area contributed by atoms with Gasteiger partial charge in [0.2, 0.25) is 5.91 Å². The number of rotatable bonds is 8. The standard InChI is InChI=1S/C25H30Cl2N4O4S3/c1-17-18(26)6-7-20-23(17)28-25(36-20)30(11-4-10-29-13-15-35-16-14-29)24(32)19-5-2-3-12-31(19)38(33,34)22-9-8-21(27)37-22/h6-9,19H,2-5,10-16H2,1H3. The number of sulfonamides is 1. The van der Waals surface area contributed by atoms with Gasteiger partial charge >= 0.3 is 0 Å². The van der Waals surface area contributed by atoms with Crippen molar-refractivity contribution in [2.45, 2.75) is 42.9 Å². The SMILES string of the molecule is Cc1c(Cl)ccc2sc(N(CCCN3CCOCC3)C(=O)C3CCCCN3S(=O)(=O)c3ccc(Cl)s3)nc12. The van der Waals surface area contributed by atoms with Crippen LogP contribution in [0.5, 0.6) is 0 Å². The van der Waals surface area contributed by atoms with Gasteiger partial charge in [-0.1, -0.05) is 41.0 Å². The van der Waals surface area contributed by atoms with Gasteiger partial charge in [-0.15, -0.1) is 11.3 Å². The third-order valence-corrected chi connectivity index (χ3v) is 12.1. The van der Waals surface area contributed by atoms with Crippen molar-refractivity contribution in [2.24, 2.45) is 0 Å². The highest BCUT2D eigenvalue weighted by Gasteiger charge is 2.41. The zero-order chi connectivity index (χ0) is 26.9. The van der Waals surface area contributed by atoms with Crippen molar-refractivity contribution in [2.75, 3.05) is 50.8 Å². The summed E-state index contributed by atoms with van der Waals surface area (Å²) < 4.78 is 35.5. The maximum Gasteiger partial charge on any atom is 0.253 e. The summed E-state index contributed by atoms with van der Waals surface area (Å²) in [6.07, 6.45) is 2.69. The number of hydrogen-bond acceptors (Lipinski definition) is 8. The van der Waals surface area contributed by atoms with Crippen LogP contribution in [0, 0.1) is 6.92 Å². The van der Waals surface area contributed by atoms with Crippen LogP contribution in [0.15, 0.2) is 28.5 Å². The van der Waals surface area contributed by atoms with Crippen LogP contribution < -0.4 is 4.90 Å². The molecular weight excluding hydrogens is 587 g/mol. The Morgan fingerprint density at radius 2 is 1.92 bits per heavy atom. The largest absolute Gasteiger partial charge is 0.379 e. The summed E-state index contributed by atoms with van der Waals surface area (Å²) in [5, 5.41) is 1.19. The van der Waals surface area contributed by atoms with Gasteiger partial charge in [0.1, 0.15) is 10.3 Å². The highest BCUT2D eigenvalue weighted by atomic mass is 35.5. The maximum atomic E-state index is 14.2. The van der Waals surface area contributed by atoms with Gasteiger partial charge in [-0.2, -0.15) is 4.31 Å². The molecule has 206 valence electrons. The van der Waals surface area contributed by atoms with Crippen molar-refractivity contribution in [3.63, 3.8) is 0 Å². The second-order valence-electron chi connectivity index (χ2n) is 9.50. The molecule has 1 unspecified atom stereocenters. The van der Waals surface area contributed by atoms with E-state index < -0.39 is 16.1 Å². The minimum absolute atomic E-state index is 0.159. The van der Waals surface area contributed by atoms with Crippen LogP contribution in [-0.4, -0.2) is 80.5 Å². The number of morpholine rings is 1. The van der Waals surface area contributed by atoms with E-state index in [0.717, 1.165) is 59.6 Å². The van der Waals surface area contributed by atoms with Crippen molar-refractivity contribution >= 4 is 77.2 Å². The van der Waals surface area contributed by atoms with E-state index in [9.17, 15) is 13.2 Å². The van der Waals surface area contributed by atoms with Crippen molar-refractivity contribution in [3.05, 3.63) is 39.2 Å². The molecule has 4 heterocycles. The minimum Gasteiger partial charge on any atom is -0.379 e. The molecule has 0 aliphatic carbocycles. The van der Waals surface area contributed by atoms with Gasteiger partial charge in [0.15, 0.2) is 5.13 Å². The number of ether oxygens (including phenoxy) is 1. The lowest BCUT2D eigenvalue weighted by molar-refractivity contribution is -0.123. The molecule has 3 aromatic rings. The predicted octanol–water partition coefficient (Wildman–Crippen LogP) is 5.27. The summed E-state index contributed by atoms with van der Waals surface area (Å²) in [6, 6.07) is 6.05. The maximum absolute atomic E-state index is 14.2. The van der Waals surface area contributed by atoms with E-state index in [0.29, 0.717) is 53.6 Å². The first-order valence-corrected chi connectivity index (χ1v) is 16.5. The summed E-state index contributed by atoms with van der Waals surface area (Å²) in [5.74, 6) is -0.235. The van der Waals surface area contributed by atoms with Crippen molar-refractivity contribution < 1.29 is 17.9 Å². The average Bonchev–Trinajstić information content (AvgIpc) is 3.56. The number of thiophene rings is 1. The van der Waals surface area contributed by atoms with Crippen LogP contribution in [0.2, 0.25) is 9.36 Å². The second kappa shape index (κ2) is 12.1. The second-order valence-corrected chi connectivity index (χ2v) is 14.7. The molecule has 13 heteroatoms. The summed E-state index contributed by atoms with van der Waals surface area (Å²) in [7, 11) is -3.86. The topological polar surface area (TPSA) is 83.0 Å². The number of fused-ring (bicyclic) bond motifs is 1. The van der Waals surface area contributed by atoms with E-state index in [1.807, 2.05) is 19.1 Å². The van der Waals surface area contributed by atoms with E-state index in [1.54, 1.807) is 11.0 Å². The Morgan fingerprint density at radius 1 is 1.13 bits per heavy atom. The molecule has 2 aliphatic rings. The molecule has 0 N–H and O–H groups in total. The molecule has 0 spiro atoms. The highest BCUT2D eigenvalue weighted by Crippen LogP contribution is 2.36. The van der Waals surface area contributed by atoms with Gasteiger partial charge in [0, 0.05) is 37.7 Å². The fourth-order valence-corrected chi connectivity index (χ4v) is 9.42. The molecule has 0 radical (unpaired) electrons. The number of thiazole rings is 1. The Morgan fingerprint density at radius 3 is 2.66 bits per heavy atom. The number of amides is 1. The Labute approximate surface area is 241 Å². The molecule has 38 heavy (non-hydrogen) atoms. The van der Waals surface area contributed by atoms with E-state index in [2.05, 4.69) is 4.90 Å². The van der Waals surface area contributed by atoms with Gasteiger partial charge in [-0.05, 0) is 56.0 Å². The first kappa shape index (κ1) is 28.2. The molecule has 5 rings (SSSR count). The Balaban J connectivity index is 1.45. The molecule has 8 nitrogen and oxygen atoms in total. The van der Waals surface area contributed by atoms with E-state index >= 15 is 0 Å². The van der Waals surface area contributed by atoms with Crippen LogP contribution in [0.3, 0.4) is 0 Å². The van der Waals surface area contributed by atoms with Gasteiger partial charge in [0.25, 0.3) is 10.0 Å². The number of halogens is 2. The zero-order valence-corrected chi connectivity index (χ0v) is 25.0. The van der Waals surface area contributed by atoms with Gasteiger partial charge in [0.05, 0.1) is 27.8 Å². The molecule has 1 amide bonds. The van der Waals surface area contributed by atoms with Crippen LogP contribution in [0.25, 0.3) is 10.2 Å². The fourth-order valence-electron chi connectivity index (χ4n) is 4.95. The van der Waals surface area contributed by atoms with Gasteiger partial charge < -0.3 is 4.74 Å². The number of anilines is 1. The number of carbonyl (C=O) groups is 1. The fraction of sp³-hybridized carbons (Fsp3) is 0.520. The van der Waals surface area contributed by atoms with Crippen LogP contribution in [-0.2, 0) is 19.6 Å². The Bertz CT molecular complexity index is 1400. The molecular formula is C25H30Cl2N4O4S3. The quantitative estimate of drug-likeness (QED) is 0.343. The Kier molecular flexibility index (Phi) is 8.95. The van der Waals surface area contributed by atoms with E-state index in [1.165, 1.54) is 21.7 Å². The number of piperidine rings is 1. The number of carbonyl (C=O) groups excluding carboxylic acids is 1. The summed E-state index contributed by atoms with van der Waals surface area (Å²) in [4.78, 5) is 23.1. The number of hydrogen-bond donors (Lipinski definition) is 0. The third kappa shape index (κ3) is 5.90. The smallest absolute Gasteiger partial charge is 0.253 e. The minimum atomic E-state index is -3.86. The lowest BCUT2D eigenvalue weighted by atomic mass is 10.0. The average molecular weight is 618 g/mol. The van der Waals surface area contributed by atoms with Crippen LogP contribution in [0.1, 0.15) is 31.2 Å². The number of aromatic nitrogens is 1. The van der Waals surface area contributed by atoms with Crippen LogP contribution in [0.4, 0.5) is 5.13 Å². The first-order valence-electron chi connectivity index (χ1n) is 12.7. The molecule has 1 aromatic carbocycles. The van der Waals surface area contributed by atoms with Crippen molar-refractivity contribution in [1.29, 1.82) is 0 Å². The van der Waals surface area contributed by atoms with Crippen LogP contribution >= 0.6 is 45.9 Å². The van der Waals surface area contributed by atoms with E-state index in [4.69, 9.17) is 32.9 Å². The summed E-state index contributed by atoms with van der Waals surface area (Å²) >= 11 is 14.8. The normalized spacial score (nSPS) is 19.7.